The van der Waals surface area contributed by atoms with Crippen molar-refractivity contribution in [2.24, 2.45) is 11.3 Å². The van der Waals surface area contributed by atoms with Crippen LogP contribution in [-0.2, 0) is 4.79 Å². The first kappa shape index (κ1) is 8.72. The molecule has 1 rings (SSSR count). The second-order valence-electron chi connectivity index (χ2n) is 4.56. The van der Waals surface area contributed by atoms with Crippen molar-refractivity contribution in [2.45, 2.75) is 27.2 Å². The number of carbonyl (C=O) groups excluding carboxylic acids is 1. The molecule has 0 amide bonds. The van der Waals surface area contributed by atoms with Gasteiger partial charge < -0.3 is 5.32 Å². The van der Waals surface area contributed by atoms with Crippen LogP contribution >= 0.6 is 0 Å². The predicted octanol–water partition coefficient (Wildman–Crippen LogP) is 1.21. The topological polar surface area (TPSA) is 29.1 Å². The fraction of sp³-hybridized carbons (Fsp3) is 0.889. The van der Waals surface area contributed by atoms with E-state index in [-0.39, 0.29) is 5.41 Å². The molecule has 1 saturated heterocycles. The fourth-order valence-electron chi connectivity index (χ4n) is 1.18. The minimum Gasteiger partial charge on any atom is -0.315 e. The smallest absolute Gasteiger partial charge is 0.139 e. The van der Waals surface area contributed by atoms with Crippen LogP contribution in [0.2, 0.25) is 0 Å². The van der Waals surface area contributed by atoms with E-state index in [0.717, 1.165) is 19.5 Å². The Morgan fingerprint density at radius 3 is 2.27 bits per heavy atom. The number of rotatable bonds is 2. The first-order chi connectivity index (χ1) is 4.99. The third-order valence-corrected chi connectivity index (χ3v) is 1.94. The molecule has 0 bridgehead atoms. The number of nitrogens with one attached hydrogen (secondary N) is 1. The third kappa shape index (κ3) is 2.62. The summed E-state index contributed by atoms with van der Waals surface area (Å²) in [4.78, 5) is 11.4. The van der Waals surface area contributed by atoms with Gasteiger partial charge in [0.15, 0.2) is 0 Å². The van der Waals surface area contributed by atoms with E-state index in [0.29, 0.717) is 11.7 Å². The van der Waals surface area contributed by atoms with Crippen molar-refractivity contribution in [3.05, 3.63) is 0 Å². The number of Topliss-reactive ketones (excluding diaryl/α,β-unsaturated/α-hetero) is 1. The number of carbonyl (C=O) groups is 1. The maximum Gasteiger partial charge on any atom is 0.139 e. The Kier molecular flexibility index (Phi) is 2.33. The summed E-state index contributed by atoms with van der Waals surface area (Å²) in [6.07, 6.45) is 0.722. The van der Waals surface area contributed by atoms with Gasteiger partial charge in [0.05, 0.1) is 0 Å². The molecule has 0 radical (unpaired) electrons. The van der Waals surface area contributed by atoms with Crippen LogP contribution in [0.4, 0.5) is 0 Å². The lowest BCUT2D eigenvalue weighted by atomic mass is 9.84. The molecular formula is C9H17NO. The maximum absolute atomic E-state index is 11.4. The molecule has 0 spiro atoms. The lowest BCUT2D eigenvalue weighted by Gasteiger charge is -2.28. The second kappa shape index (κ2) is 2.94. The number of hydrogen-bond donors (Lipinski definition) is 1. The molecule has 1 aliphatic rings. The zero-order valence-corrected chi connectivity index (χ0v) is 7.61. The highest BCUT2D eigenvalue weighted by molar-refractivity contribution is 5.82. The lowest BCUT2D eigenvalue weighted by Crippen LogP contribution is -2.47. The minimum atomic E-state index is 0.159. The van der Waals surface area contributed by atoms with Crippen molar-refractivity contribution in [1.29, 1.82) is 0 Å². The Bertz CT molecular complexity index is 153. The normalized spacial score (nSPS) is 19.5. The quantitative estimate of drug-likeness (QED) is 0.649. The van der Waals surface area contributed by atoms with Gasteiger partial charge in [-0.1, -0.05) is 20.8 Å². The molecular weight excluding hydrogens is 138 g/mol. The molecule has 11 heavy (non-hydrogen) atoms. The van der Waals surface area contributed by atoms with Gasteiger partial charge >= 0.3 is 0 Å². The van der Waals surface area contributed by atoms with Crippen LogP contribution in [-0.4, -0.2) is 18.9 Å². The second-order valence-corrected chi connectivity index (χ2v) is 4.56. The number of ketones is 1. The Morgan fingerprint density at radius 1 is 1.45 bits per heavy atom. The van der Waals surface area contributed by atoms with E-state index in [9.17, 15) is 4.79 Å². The van der Waals surface area contributed by atoms with Crippen LogP contribution in [0.5, 0.6) is 0 Å². The van der Waals surface area contributed by atoms with Gasteiger partial charge in [-0.25, -0.2) is 0 Å². The highest BCUT2D eigenvalue weighted by Crippen LogP contribution is 2.22. The van der Waals surface area contributed by atoms with Gasteiger partial charge in [0.2, 0.25) is 0 Å². The zero-order valence-electron chi connectivity index (χ0n) is 7.61. The van der Waals surface area contributed by atoms with Crippen LogP contribution in [0.3, 0.4) is 0 Å². The molecule has 0 aliphatic carbocycles. The van der Waals surface area contributed by atoms with Crippen LogP contribution < -0.4 is 5.32 Å². The summed E-state index contributed by atoms with van der Waals surface area (Å²) in [7, 11) is 0. The molecule has 0 saturated carbocycles. The maximum atomic E-state index is 11.4. The Labute approximate surface area is 68.4 Å². The van der Waals surface area contributed by atoms with Gasteiger partial charge in [-0.15, -0.1) is 0 Å². The first-order valence-corrected chi connectivity index (χ1v) is 4.22. The predicted molar refractivity (Wildman–Crippen MR) is 45.4 cm³/mol. The standard InChI is InChI=1S/C9H17NO/c1-9(2,3)4-8(11)7-5-10-6-7/h7,10H,4-6H2,1-3H3. The molecule has 2 heteroatoms. The minimum absolute atomic E-state index is 0.159. The molecule has 0 atom stereocenters. The van der Waals surface area contributed by atoms with Crippen molar-refractivity contribution in [3.8, 4) is 0 Å². The highest BCUT2D eigenvalue weighted by Gasteiger charge is 2.27. The largest absolute Gasteiger partial charge is 0.315 e. The Balaban J connectivity index is 2.31. The van der Waals surface area contributed by atoms with E-state index < -0.39 is 0 Å². The molecule has 1 heterocycles. The summed E-state index contributed by atoms with van der Waals surface area (Å²) in [5, 5.41) is 3.11. The van der Waals surface area contributed by atoms with E-state index >= 15 is 0 Å². The molecule has 0 unspecified atom stereocenters. The van der Waals surface area contributed by atoms with E-state index in [1.54, 1.807) is 0 Å². The van der Waals surface area contributed by atoms with Gasteiger partial charge in [0.25, 0.3) is 0 Å². The van der Waals surface area contributed by atoms with Crippen LogP contribution in [0.15, 0.2) is 0 Å². The average Bonchev–Trinajstić information content (AvgIpc) is 1.50. The summed E-state index contributed by atoms with van der Waals surface area (Å²) >= 11 is 0. The van der Waals surface area contributed by atoms with Crippen molar-refractivity contribution in [3.63, 3.8) is 0 Å². The summed E-state index contributed by atoms with van der Waals surface area (Å²) in [6, 6.07) is 0. The highest BCUT2D eigenvalue weighted by atomic mass is 16.1. The third-order valence-electron chi connectivity index (χ3n) is 1.94. The van der Waals surface area contributed by atoms with E-state index in [1.807, 2.05) is 0 Å². The summed E-state index contributed by atoms with van der Waals surface area (Å²) < 4.78 is 0. The van der Waals surface area contributed by atoms with Gasteiger partial charge in [0, 0.05) is 25.4 Å². The summed E-state index contributed by atoms with van der Waals surface area (Å²) in [5.74, 6) is 0.741. The van der Waals surface area contributed by atoms with E-state index in [2.05, 4.69) is 26.1 Å². The SMILES string of the molecule is CC(C)(C)CC(=O)C1CNC1. The molecule has 0 aromatic rings. The Hall–Kier alpha value is -0.370. The van der Waals surface area contributed by atoms with Gasteiger partial charge in [-0.05, 0) is 5.41 Å². The van der Waals surface area contributed by atoms with Crippen LogP contribution in [0.25, 0.3) is 0 Å². The zero-order chi connectivity index (χ0) is 8.48. The summed E-state index contributed by atoms with van der Waals surface area (Å²) in [5.41, 5.74) is 0.159. The van der Waals surface area contributed by atoms with Crippen LogP contribution in [0, 0.1) is 11.3 Å². The van der Waals surface area contributed by atoms with Crippen LogP contribution in [0.1, 0.15) is 27.2 Å². The summed E-state index contributed by atoms with van der Waals surface area (Å²) in [6.45, 7) is 8.12. The number of hydrogen-bond acceptors (Lipinski definition) is 2. The molecule has 64 valence electrons. The molecule has 0 aromatic carbocycles. The fourth-order valence-corrected chi connectivity index (χ4v) is 1.18. The van der Waals surface area contributed by atoms with Gasteiger partial charge in [0.1, 0.15) is 5.78 Å². The average molecular weight is 155 g/mol. The first-order valence-electron chi connectivity index (χ1n) is 4.22. The molecule has 2 nitrogen and oxygen atoms in total. The van der Waals surface area contributed by atoms with Gasteiger partial charge in [-0.2, -0.15) is 0 Å². The lowest BCUT2D eigenvalue weighted by molar-refractivity contribution is -0.126. The van der Waals surface area contributed by atoms with Crippen molar-refractivity contribution in [2.75, 3.05) is 13.1 Å². The molecule has 0 aromatic heterocycles. The Morgan fingerprint density at radius 2 is 2.00 bits per heavy atom. The van der Waals surface area contributed by atoms with E-state index in [1.165, 1.54) is 0 Å². The molecule has 1 fully saturated rings. The van der Waals surface area contributed by atoms with Crippen molar-refractivity contribution in [1.82, 2.24) is 5.32 Å². The van der Waals surface area contributed by atoms with Crippen molar-refractivity contribution >= 4 is 5.78 Å². The monoisotopic (exact) mass is 155 g/mol. The molecule has 1 aliphatic heterocycles. The van der Waals surface area contributed by atoms with Gasteiger partial charge in [-0.3, -0.25) is 4.79 Å². The molecule has 1 N–H and O–H groups in total. The van der Waals surface area contributed by atoms with Crippen molar-refractivity contribution < 1.29 is 4.79 Å². The van der Waals surface area contributed by atoms with E-state index in [4.69, 9.17) is 0 Å².